The first kappa shape index (κ1) is 14.1. The van der Waals surface area contributed by atoms with Gasteiger partial charge in [-0.1, -0.05) is 56.3 Å². The second-order valence-electron chi connectivity index (χ2n) is 5.03. The Hall–Kier alpha value is -2.35. The standard InChI is InChI=1S/C18H18O2/c1-13(2)14-7-9-16(10-8-14)18(20)12-11-15-5-3-4-6-17(15)19/h3-13,19H,1-2H3. The van der Waals surface area contributed by atoms with Crippen LogP contribution in [-0.4, -0.2) is 10.9 Å². The lowest BCUT2D eigenvalue weighted by molar-refractivity contribution is 0.104. The zero-order chi connectivity index (χ0) is 14.5. The predicted octanol–water partition coefficient (Wildman–Crippen LogP) is 4.41. The fourth-order valence-corrected chi connectivity index (χ4v) is 1.92. The lowest BCUT2D eigenvalue weighted by Gasteiger charge is -2.05. The SMILES string of the molecule is CC(C)c1ccc(C(=O)C=Cc2ccccc2O)cc1. The van der Waals surface area contributed by atoms with Gasteiger partial charge in [-0.25, -0.2) is 0 Å². The summed E-state index contributed by atoms with van der Waals surface area (Å²) < 4.78 is 0. The van der Waals surface area contributed by atoms with Crippen LogP contribution in [-0.2, 0) is 0 Å². The van der Waals surface area contributed by atoms with Gasteiger partial charge in [0.05, 0.1) is 0 Å². The normalized spacial score (nSPS) is 11.2. The number of phenolic OH excluding ortho intramolecular Hbond substituents is 1. The average Bonchev–Trinajstić information content (AvgIpc) is 2.46. The van der Waals surface area contributed by atoms with Gasteiger partial charge in [0.1, 0.15) is 5.75 Å². The van der Waals surface area contributed by atoms with Crippen molar-refractivity contribution >= 4 is 11.9 Å². The van der Waals surface area contributed by atoms with Gasteiger partial charge in [0.15, 0.2) is 5.78 Å². The molecule has 2 rings (SSSR count). The first-order valence-corrected chi connectivity index (χ1v) is 6.68. The van der Waals surface area contributed by atoms with Crippen molar-refractivity contribution in [2.24, 2.45) is 0 Å². The van der Waals surface area contributed by atoms with Crippen LogP contribution in [0, 0.1) is 0 Å². The molecule has 0 heterocycles. The quantitative estimate of drug-likeness (QED) is 0.657. The van der Waals surface area contributed by atoms with Gasteiger partial charge in [-0.15, -0.1) is 0 Å². The van der Waals surface area contributed by atoms with Crippen molar-refractivity contribution in [2.45, 2.75) is 19.8 Å². The summed E-state index contributed by atoms with van der Waals surface area (Å²) in [5, 5.41) is 9.63. The summed E-state index contributed by atoms with van der Waals surface area (Å²) in [5.41, 5.74) is 2.51. The Kier molecular flexibility index (Phi) is 4.36. The summed E-state index contributed by atoms with van der Waals surface area (Å²) in [4.78, 5) is 12.0. The number of ketones is 1. The zero-order valence-electron chi connectivity index (χ0n) is 11.7. The number of benzene rings is 2. The molecule has 2 aromatic rings. The van der Waals surface area contributed by atoms with E-state index < -0.39 is 0 Å². The molecule has 0 atom stereocenters. The Labute approximate surface area is 119 Å². The molecule has 0 amide bonds. The van der Waals surface area contributed by atoms with E-state index >= 15 is 0 Å². The first-order chi connectivity index (χ1) is 9.58. The number of rotatable bonds is 4. The fraction of sp³-hybridized carbons (Fsp3) is 0.167. The molecule has 0 fully saturated rings. The highest BCUT2D eigenvalue weighted by Crippen LogP contribution is 2.18. The maximum absolute atomic E-state index is 12.0. The molecule has 0 aromatic heterocycles. The van der Waals surface area contributed by atoms with E-state index in [0.29, 0.717) is 17.0 Å². The van der Waals surface area contributed by atoms with Gasteiger partial charge >= 0.3 is 0 Å². The highest BCUT2D eigenvalue weighted by molar-refractivity contribution is 6.06. The Bertz CT molecular complexity index is 622. The molecular formula is C18H18O2. The van der Waals surface area contributed by atoms with Gasteiger partial charge in [-0.2, -0.15) is 0 Å². The van der Waals surface area contributed by atoms with Gasteiger partial charge in [0.25, 0.3) is 0 Å². The highest BCUT2D eigenvalue weighted by atomic mass is 16.3. The third-order valence-corrected chi connectivity index (χ3v) is 3.21. The molecule has 2 heteroatoms. The van der Waals surface area contributed by atoms with Crippen LogP contribution >= 0.6 is 0 Å². The van der Waals surface area contributed by atoms with Crippen molar-refractivity contribution < 1.29 is 9.90 Å². The number of para-hydroxylation sites is 1. The molecule has 2 nitrogen and oxygen atoms in total. The Balaban J connectivity index is 2.14. The minimum atomic E-state index is -0.0661. The monoisotopic (exact) mass is 266 g/mol. The molecule has 0 spiro atoms. The topological polar surface area (TPSA) is 37.3 Å². The van der Waals surface area contributed by atoms with Crippen molar-refractivity contribution in [1.29, 1.82) is 0 Å². The minimum Gasteiger partial charge on any atom is -0.507 e. The van der Waals surface area contributed by atoms with E-state index in [4.69, 9.17) is 0 Å². The van der Waals surface area contributed by atoms with Gasteiger partial charge in [0.2, 0.25) is 0 Å². The van der Waals surface area contributed by atoms with Crippen molar-refractivity contribution in [3.63, 3.8) is 0 Å². The fourth-order valence-electron chi connectivity index (χ4n) is 1.92. The first-order valence-electron chi connectivity index (χ1n) is 6.68. The third kappa shape index (κ3) is 3.35. The van der Waals surface area contributed by atoms with Crippen LogP contribution in [0.1, 0.15) is 41.3 Å². The van der Waals surface area contributed by atoms with Crippen LogP contribution in [0.4, 0.5) is 0 Å². The molecule has 0 aliphatic heterocycles. The minimum absolute atomic E-state index is 0.0661. The number of carbonyl (C=O) groups is 1. The molecule has 0 unspecified atom stereocenters. The average molecular weight is 266 g/mol. The van der Waals surface area contributed by atoms with Crippen molar-refractivity contribution in [1.82, 2.24) is 0 Å². The van der Waals surface area contributed by atoms with E-state index in [-0.39, 0.29) is 11.5 Å². The molecule has 20 heavy (non-hydrogen) atoms. The summed E-state index contributed by atoms with van der Waals surface area (Å²) in [5.74, 6) is 0.561. The summed E-state index contributed by atoms with van der Waals surface area (Å²) in [6.45, 7) is 4.24. The Morgan fingerprint density at radius 3 is 2.30 bits per heavy atom. The summed E-state index contributed by atoms with van der Waals surface area (Å²) in [6.07, 6.45) is 3.12. The van der Waals surface area contributed by atoms with E-state index in [1.165, 1.54) is 11.6 Å². The van der Waals surface area contributed by atoms with Crippen LogP contribution in [0.25, 0.3) is 6.08 Å². The zero-order valence-corrected chi connectivity index (χ0v) is 11.7. The maximum atomic E-state index is 12.0. The van der Waals surface area contributed by atoms with Crippen molar-refractivity contribution in [3.8, 4) is 5.75 Å². The molecule has 0 aliphatic rings. The van der Waals surface area contributed by atoms with Crippen molar-refractivity contribution in [3.05, 3.63) is 71.3 Å². The molecule has 0 saturated heterocycles. The molecule has 0 bridgehead atoms. The van der Waals surface area contributed by atoms with E-state index in [1.54, 1.807) is 24.3 Å². The number of hydrogen-bond acceptors (Lipinski definition) is 2. The Morgan fingerprint density at radius 2 is 1.70 bits per heavy atom. The van der Waals surface area contributed by atoms with Gasteiger partial charge in [-0.05, 0) is 29.7 Å². The van der Waals surface area contributed by atoms with Crippen molar-refractivity contribution in [2.75, 3.05) is 0 Å². The van der Waals surface area contributed by atoms with Gasteiger partial charge < -0.3 is 5.11 Å². The summed E-state index contributed by atoms with van der Waals surface area (Å²) in [7, 11) is 0. The summed E-state index contributed by atoms with van der Waals surface area (Å²) >= 11 is 0. The van der Waals surface area contributed by atoms with E-state index in [2.05, 4.69) is 13.8 Å². The number of hydrogen-bond donors (Lipinski definition) is 1. The lowest BCUT2D eigenvalue weighted by Crippen LogP contribution is -1.95. The van der Waals surface area contributed by atoms with E-state index in [9.17, 15) is 9.90 Å². The Morgan fingerprint density at radius 1 is 1.05 bits per heavy atom. The third-order valence-electron chi connectivity index (χ3n) is 3.21. The van der Waals surface area contributed by atoms with Crippen LogP contribution in [0.5, 0.6) is 5.75 Å². The summed E-state index contributed by atoms with van der Waals surface area (Å²) in [6, 6.07) is 14.6. The second kappa shape index (κ2) is 6.20. The molecule has 1 N–H and O–H groups in total. The molecule has 0 radical (unpaired) electrons. The predicted molar refractivity (Wildman–Crippen MR) is 82.0 cm³/mol. The maximum Gasteiger partial charge on any atom is 0.185 e. The number of aromatic hydroxyl groups is 1. The smallest absolute Gasteiger partial charge is 0.185 e. The lowest BCUT2D eigenvalue weighted by atomic mass is 10.0. The second-order valence-corrected chi connectivity index (χ2v) is 5.03. The van der Waals surface area contributed by atoms with Crippen LogP contribution in [0.15, 0.2) is 54.6 Å². The number of phenols is 1. The number of allylic oxidation sites excluding steroid dienone is 1. The molecule has 102 valence electrons. The largest absolute Gasteiger partial charge is 0.507 e. The highest BCUT2D eigenvalue weighted by Gasteiger charge is 2.04. The molecule has 2 aromatic carbocycles. The van der Waals surface area contributed by atoms with E-state index in [1.807, 2.05) is 30.3 Å². The van der Waals surface area contributed by atoms with Crippen LogP contribution in [0.3, 0.4) is 0 Å². The van der Waals surface area contributed by atoms with Crippen LogP contribution in [0.2, 0.25) is 0 Å². The van der Waals surface area contributed by atoms with E-state index in [0.717, 1.165) is 0 Å². The molecule has 0 saturated carbocycles. The molecular weight excluding hydrogens is 248 g/mol. The van der Waals surface area contributed by atoms with Crippen LogP contribution < -0.4 is 0 Å². The van der Waals surface area contributed by atoms with Gasteiger partial charge in [0, 0.05) is 11.1 Å². The molecule has 0 aliphatic carbocycles. The number of carbonyl (C=O) groups excluding carboxylic acids is 1. The van der Waals surface area contributed by atoms with Gasteiger partial charge in [-0.3, -0.25) is 4.79 Å².